The van der Waals surface area contributed by atoms with Crippen LogP contribution in [0.2, 0.25) is 23.7 Å². The monoisotopic (exact) mass is 687 g/mol. The lowest BCUT2D eigenvalue weighted by Gasteiger charge is -2.31. The summed E-state index contributed by atoms with van der Waals surface area (Å²) in [6.07, 6.45) is 2.25. The molecule has 1 unspecified atom stereocenters. The van der Waals surface area contributed by atoms with E-state index in [4.69, 9.17) is 16.3 Å². The molecule has 1 aromatic heterocycles. The number of ether oxygens (including phenoxy) is 1. The Morgan fingerprint density at radius 2 is 1.85 bits per heavy atom. The molecule has 48 heavy (non-hydrogen) atoms. The van der Waals surface area contributed by atoms with Crippen LogP contribution in [0.4, 0.5) is 15.5 Å². The molecule has 1 N–H and O–H groups in total. The summed E-state index contributed by atoms with van der Waals surface area (Å²) < 4.78 is 24.9. The summed E-state index contributed by atoms with van der Waals surface area (Å²) in [5.41, 5.74) is 2.83. The van der Waals surface area contributed by atoms with Crippen LogP contribution in [0.15, 0.2) is 79.0 Å². The number of aliphatic hydroxyl groups is 1. The van der Waals surface area contributed by atoms with Crippen molar-refractivity contribution in [2.45, 2.75) is 69.1 Å². The average Bonchev–Trinajstić information content (AvgIpc) is 3.71. The first-order valence-corrected chi connectivity index (χ1v) is 19.8. The Bertz CT molecular complexity index is 1830. The van der Waals surface area contributed by atoms with Gasteiger partial charge in [0, 0.05) is 53.4 Å². The number of fused-ring (bicyclic) bond motifs is 2. The SMILES string of the molecule is C[C@H]1[C@H]([Si](C)(C)F)[C@@H](CCn2cc(C(CO)c3ccccc3)nn2)O[C@]12C(=O)N(Cc1ccc(N3CCC3=O)cc1)c1ccc(Cl)cc12. The second-order valence-electron chi connectivity index (χ2n) is 13.6. The molecule has 250 valence electrons. The lowest BCUT2D eigenvalue weighted by atomic mass is 9.82. The van der Waals surface area contributed by atoms with Crippen LogP contribution in [-0.2, 0) is 33.0 Å². The van der Waals surface area contributed by atoms with Crippen molar-refractivity contribution in [2.24, 2.45) is 5.92 Å². The van der Waals surface area contributed by atoms with Crippen molar-refractivity contribution in [2.75, 3.05) is 23.0 Å². The van der Waals surface area contributed by atoms with Gasteiger partial charge in [-0.15, -0.1) is 5.10 Å². The van der Waals surface area contributed by atoms with Crippen molar-refractivity contribution in [3.63, 3.8) is 0 Å². The Kier molecular flexibility index (Phi) is 8.51. The van der Waals surface area contributed by atoms with Crippen LogP contribution in [0.25, 0.3) is 0 Å². The summed E-state index contributed by atoms with van der Waals surface area (Å²) in [4.78, 5) is 30.1. The van der Waals surface area contributed by atoms with Gasteiger partial charge in [0.05, 0.1) is 36.6 Å². The maximum atomic E-state index is 16.3. The lowest BCUT2D eigenvalue weighted by molar-refractivity contribution is -0.146. The number of anilines is 2. The first kappa shape index (κ1) is 32.6. The minimum absolute atomic E-state index is 0.104. The zero-order valence-electron chi connectivity index (χ0n) is 27.2. The summed E-state index contributed by atoms with van der Waals surface area (Å²) in [5, 5.41) is 19.3. The molecule has 0 bridgehead atoms. The van der Waals surface area contributed by atoms with E-state index in [2.05, 4.69) is 10.3 Å². The fourth-order valence-corrected chi connectivity index (χ4v) is 10.6. The Hall–Kier alpha value is -3.90. The van der Waals surface area contributed by atoms with E-state index < -0.39 is 31.6 Å². The van der Waals surface area contributed by atoms with Crippen molar-refractivity contribution in [3.8, 4) is 0 Å². The van der Waals surface area contributed by atoms with Crippen molar-refractivity contribution in [3.05, 3.63) is 106 Å². The highest BCUT2D eigenvalue weighted by atomic mass is 35.5. The Labute approximate surface area is 285 Å². The van der Waals surface area contributed by atoms with Crippen molar-refractivity contribution >= 4 is 43.2 Å². The summed E-state index contributed by atoms with van der Waals surface area (Å²) in [6.45, 7) is 6.60. The van der Waals surface area contributed by atoms with E-state index >= 15 is 4.11 Å². The number of nitrogens with zero attached hydrogens (tertiary/aromatic N) is 5. The molecule has 12 heteroatoms. The number of benzene rings is 3. The number of carbonyl (C=O) groups excluding carboxylic acids is 2. The number of amides is 2. The molecule has 1 spiro atoms. The van der Waals surface area contributed by atoms with Crippen LogP contribution in [-0.4, -0.2) is 59.6 Å². The molecule has 0 aliphatic carbocycles. The highest BCUT2D eigenvalue weighted by Crippen LogP contribution is 2.60. The third kappa shape index (κ3) is 5.56. The number of aliphatic hydroxyl groups excluding tert-OH is 1. The van der Waals surface area contributed by atoms with Crippen molar-refractivity contribution < 1.29 is 23.5 Å². The molecule has 0 saturated carbocycles. The van der Waals surface area contributed by atoms with Gasteiger partial charge in [-0.05, 0) is 61.0 Å². The number of aryl methyl sites for hydroxylation is 1. The van der Waals surface area contributed by atoms with Gasteiger partial charge in [0.25, 0.3) is 5.91 Å². The third-order valence-corrected chi connectivity index (χ3v) is 13.0. The highest BCUT2D eigenvalue weighted by molar-refractivity contribution is 6.72. The van der Waals surface area contributed by atoms with Gasteiger partial charge >= 0.3 is 0 Å². The summed E-state index contributed by atoms with van der Waals surface area (Å²) in [5.74, 6) is -0.885. The molecule has 3 aromatic carbocycles. The molecule has 3 aliphatic heterocycles. The summed E-state index contributed by atoms with van der Waals surface area (Å²) in [6, 6.07) is 22.7. The topological polar surface area (TPSA) is 101 Å². The molecule has 7 rings (SSSR count). The maximum absolute atomic E-state index is 16.3. The zero-order chi connectivity index (χ0) is 33.8. The Morgan fingerprint density at radius 3 is 2.50 bits per heavy atom. The van der Waals surface area contributed by atoms with E-state index in [1.54, 1.807) is 39.7 Å². The predicted octanol–water partition coefficient (Wildman–Crippen LogP) is 6.20. The number of β-lactam (4-membered cyclic amide) rings is 1. The van der Waals surface area contributed by atoms with Crippen LogP contribution in [0.3, 0.4) is 0 Å². The molecule has 2 fully saturated rings. The minimum Gasteiger partial charge on any atom is -0.395 e. The van der Waals surface area contributed by atoms with Crippen LogP contribution in [0.1, 0.15) is 48.1 Å². The van der Waals surface area contributed by atoms with E-state index in [1.807, 2.05) is 73.8 Å². The number of hydrogen-bond donors (Lipinski definition) is 1. The molecule has 2 saturated heterocycles. The van der Waals surface area contributed by atoms with Crippen molar-refractivity contribution in [1.82, 2.24) is 15.0 Å². The first-order chi connectivity index (χ1) is 23.0. The number of carbonyl (C=O) groups is 2. The predicted molar refractivity (Wildman–Crippen MR) is 184 cm³/mol. The molecule has 2 amide bonds. The number of rotatable bonds is 10. The second kappa shape index (κ2) is 12.5. The maximum Gasteiger partial charge on any atom is 0.264 e. The molecule has 9 nitrogen and oxygen atoms in total. The van der Waals surface area contributed by atoms with Gasteiger partial charge in [0.15, 0.2) is 5.60 Å². The molecule has 5 atom stereocenters. The van der Waals surface area contributed by atoms with Crippen molar-refractivity contribution in [1.29, 1.82) is 0 Å². The molecule has 4 aromatic rings. The van der Waals surface area contributed by atoms with E-state index in [0.717, 1.165) is 16.8 Å². The normalized spacial score (nSPS) is 24.3. The fraction of sp³-hybridized carbons (Fsp3) is 0.389. The van der Waals surface area contributed by atoms with E-state index in [-0.39, 0.29) is 24.3 Å². The lowest BCUT2D eigenvalue weighted by Crippen LogP contribution is -2.45. The number of halogens is 2. The number of hydrogen-bond acceptors (Lipinski definition) is 6. The standard InChI is InChI=1S/C36H39ClFN5O4Si/c1-23-34(48(2,3)38)32(15-17-41-21-30(39-40-41)28(22-44)25-7-5-4-6-8-25)47-36(23)29-19-26(37)11-14-31(29)43(35(36)46)20-24-9-12-27(13-10-24)42-18-16-33(42)45/h4-14,19,21,23,28,32,34,44H,15-18,20,22H2,1-3H3/t23-,28?,32+,34-,36+/m0/s1. The number of aromatic nitrogens is 3. The fourth-order valence-electron chi connectivity index (χ4n) is 7.90. The summed E-state index contributed by atoms with van der Waals surface area (Å²) >= 11 is 6.54. The molecular weight excluding hydrogens is 649 g/mol. The summed E-state index contributed by atoms with van der Waals surface area (Å²) in [7, 11) is -3.37. The van der Waals surface area contributed by atoms with E-state index in [0.29, 0.717) is 54.4 Å². The molecule has 3 aliphatic rings. The van der Waals surface area contributed by atoms with Gasteiger partial charge in [0.1, 0.15) is 0 Å². The Balaban J connectivity index is 1.16. The quantitative estimate of drug-likeness (QED) is 0.121. The Morgan fingerprint density at radius 1 is 1.10 bits per heavy atom. The smallest absolute Gasteiger partial charge is 0.264 e. The first-order valence-electron chi connectivity index (χ1n) is 16.4. The second-order valence-corrected chi connectivity index (χ2v) is 17.9. The zero-order valence-corrected chi connectivity index (χ0v) is 29.0. The van der Waals surface area contributed by atoms with Crippen LogP contribution >= 0.6 is 11.6 Å². The highest BCUT2D eigenvalue weighted by Gasteiger charge is 2.66. The van der Waals surface area contributed by atoms with E-state index in [9.17, 15) is 14.7 Å². The van der Waals surface area contributed by atoms with Gasteiger partial charge in [-0.1, -0.05) is 66.2 Å². The molecular formula is C36H39ClFN5O4Si. The third-order valence-electron chi connectivity index (χ3n) is 10.3. The van der Waals surface area contributed by atoms with Gasteiger partial charge in [-0.25, -0.2) is 0 Å². The van der Waals surface area contributed by atoms with Crippen LogP contribution < -0.4 is 9.80 Å². The minimum atomic E-state index is -3.37. The van der Waals surface area contributed by atoms with Gasteiger partial charge in [-0.3, -0.25) is 14.3 Å². The van der Waals surface area contributed by atoms with E-state index in [1.165, 1.54) is 0 Å². The van der Waals surface area contributed by atoms with Gasteiger partial charge in [-0.2, -0.15) is 0 Å². The van der Waals surface area contributed by atoms with Crippen LogP contribution in [0, 0.1) is 5.92 Å². The molecule has 0 radical (unpaired) electrons. The van der Waals surface area contributed by atoms with Gasteiger partial charge < -0.3 is 23.8 Å². The largest absolute Gasteiger partial charge is 0.395 e. The molecule has 4 heterocycles. The van der Waals surface area contributed by atoms with Gasteiger partial charge in [0.2, 0.25) is 14.3 Å². The van der Waals surface area contributed by atoms with Crippen LogP contribution in [0.5, 0.6) is 0 Å². The average molecular weight is 688 g/mol.